The highest BCUT2D eigenvalue weighted by atomic mass is 19.1. The summed E-state index contributed by atoms with van der Waals surface area (Å²) in [4.78, 5) is 24.1. The van der Waals surface area contributed by atoms with Crippen LogP contribution in [0.3, 0.4) is 0 Å². The molecule has 0 fully saturated rings. The van der Waals surface area contributed by atoms with Crippen molar-refractivity contribution < 1.29 is 23.1 Å². The molecule has 150 valence electrons. The van der Waals surface area contributed by atoms with Crippen molar-refractivity contribution in [3.05, 3.63) is 83.4 Å². The Labute approximate surface area is 172 Å². The summed E-state index contributed by atoms with van der Waals surface area (Å²) in [6.07, 6.45) is 1.27. The molecular formula is C23H17FN2O4. The highest BCUT2D eigenvalue weighted by molar-refractivity contribution is 6.09. The Kier molecular flexibility index (Phi) is 6.40. The number of rotatable bonds is 6. The summed E-state index contributed by atoms with van der Waals surface area (Å²) in [5.41, 5.74) is 0.837. The van der Waals surface area contributed by atoms with Crippen molar-refractivity contribution in [2.24, 2.45) is 0 Å². The molecule has 1 heterocycles. The van der Waals surface area contributed by atoms with E-state index < -0.39 is 17.7 Å². The highest BCUT2D eigenvalue weighted by Crippen LogP contribution is 2.26. The molecule has 30 heavy (non-hydrogen) atoms. The molecule has 0 saturated heterocycles. The van der Waals surface area contributed by atoms with E-state index in [2.05, 4.69) is 5.32 Å². The molecule has 1 N–H and O–H groups in total. The van der Waals surface area contributed by atoms with E-state index in [-0.39, 0.29) is 29.3 Å². The van der Waals surface area contributed by atoms with Gasteiger partial charge in [-0.25, -0.2) is 9.18 Å². The van der Waals surface area contributed by atoms with Crippen molar-refractivity contribution >= 4 is 23.6 Å². The lowest BCUT2D eigenvalue weighted by atomic mass is 10.1. The SMILES string of the molecule is CCOC(=O)c1ccc(NC(=O)/C(C#N)=C/c2ccc(-c3ccccc3F)o2)cc1. The van der Waals surface area contributed by atoms with Gasteiger partial charge in [-0.1, -0.05) is 12.1 Å². The Morgan fingerprint density at radius 2 is 1.87 bits per heavy atom. The summed E-state index contributed by atoms with van der Waals surface area (Å²) >= 11 is 0. The third-order valence-corrected chi connectivity index (χ3v) is 4.07. The van der Waals surface area contributed by atoms with Gasteiger partial charge in [-0.3, -0.25) is 4.79 Å². The number of amides is 1. The van der Waals surface area contributed by atoms with Crippen molar-refractivity contribution in [1.82, 2.24) is 0 Å². The van der Waals surface area contributed by atoms with Crippen molar-refractivity contribution in [3.63, 3.8) is 0 Å². The smallest absolute Gasteiger partial charge is 0.338 e. The van der Waals surface area contributed by atoms with E-state index in [0.29, 0.717) is 11.3 Å². The van der Waals surface area contributed by atoms with Crippen LogP contribution in [0.2, 0.25) is 0 Å². The first kappa shape index (κ1) is 20.6. The number of ether oxygens (including phenoxy) is 1. The van der Waals surface area contributed by atoms with Crippen molar-refractivity contribution in [3.8, 4) is 17.4 Å². The number of hydrogen-bond donors (Lipinski definition) is 1. The normalized spacial score (nSPS) is 10.9. The van der Waals surface area contributed by atoms with Gasteiger partial charge < -0.3 is 14.5 Å². The Morgan fingerprint density at radius 3 is 2.53 bits per heavy atom. The van der Waals surface area contributed by atoms with Gasteiger partial charge in [0.05, 0.1) is 17.7 Å². The van der Waals surface area contributed by atoms with Crippen LogP contribution in [0.25, 0.3) is 17.4 Å². The molecule has 0 bridgehead atoms. The number of halogens is 1. The molecule has 7 heteroatoms. The van der Waals surface area contributed by atoms with Crippen molar-refractivity contribution in [2.75, 3.05) is 11.9 Å². The highest BCUT2D eigenvalue weighted by Gasteiger charge is 2.13. The number of nitrogens with one attached hydrogen (secondary N) is 1. The zero-order chi connectivity index (χ0) is 21.5. The van der Waals surface area contributed by atoms with Crippen molar-refractivity contribution in [2.45, 2.75) is 6.92 Å². The molecule has 3 aromatic rings. The summed E-state index contributed by atoms with van der Waals surface area (Å²) in [6, 6.07) is 17.1. The Hall–Kier alpha value is -4.18. The first-order valence-electron chi connectivity index (χ1n) is 9.07. The van der Waals surface area contributed by atoms with E-state index >= 15 is 0 Å². The standard InChI is InChI=1S/C23H17FN2O4/c1-2-29-23(28)15-7-9-17(10-8-15)26-22(27)16(14-25)13-18-11-12-21(30-18)19-5-3-4-6-20(19)24/h3-13H,2H2,1H3,(H,26,27)/b16-13+. The minimum Gasteiger partial charge on any atom is -0.462 e. The topological polar surface area (TPSA) is 92.3 Å². The fraction of sp³-hybridized carbons (Fsp3) is 0.0870. The van der Waals surface area contributed by atoms with E-state index in [9.17, 15) is 19.2 Å². The number of nitriles is 1. The molecule has 2 aromatic carbocycles. The van der Waals surface area contributed by atoms with Crippen LogP contribution in [0.15, 0.2) is 70.7 Å². The first-order chi connectivity index (χ1) is 14.5. The largest absolute Gasteiger partial charge is 0.462 e. The molecule has 1 amide bonds. The van der Waals surface area contributed by atoms with Crippen LogP contribution in [-0.2, 0) is 9.53 Å². The van der Waals surface area contributed by atoms with Gasteiger partial charge in [0, 0.05) is 11.8 Å². The predicted octanol–water partition coefficient (Wildman–Crippen LogP) is 4.81. The van der Waals surface area contributed by atoms with E-state index in [1.54, 1.807) is 37.3 Å². The van der Waals surface area contributed by atoms with E-state index in [1.165, 1.54) is 36.4 Å². The molecule has 0 saturated carbocycles. The molecule has 0 spiro atoms. The average Bonchev–Trinajstić information content (AvgIpc) is 3.21. The van der Waals surface area contributed by atoms with Gasteiger partial charge >= 0.3 is 5.97 Å². The molecule has 1 aromatic heterocycles. The minimum atomic E-state index is -0.648. The predicted molar refractivity (Wildman–Crippen MR) is 109 cm³/mol. The van der Waals surface area contributed by atoms with Crippen LogP contribution < -0.4 is 5.32 Å². The Balaban J connectivity index is 1.74. The summed E-state index contributed by atoms with van der Waals surface area (Å²) in [7, 11) is 0. The second-order valence-electron chi connectivity index (χ2n) is 6.10. The molecular weight excluding hydrogens is 387 g/mol. The van der Waals surface area contributed by atoms with Gasteiger partial charge in [0.1, 0.15) is 29.0 Å². The number of carbonyl (C=O) groups excluding carboxylic acids is 2. The zero-order valence-electron chi connectivity index (χ0n) is 16.0. The number of nitrogens with zero attached hydrogens (tertiary/aromatic N) is 1. The summed E-state index contributed by atoms with van der Waals surface area (Å²) < 4.78 is 24.3. The molecule has 3 rings (SSSR count). The summed E-state index contributed by atoms with van der Waals surface area (Å²) in [5.74, 6) is -1.03. The third kappa shape index (κ3) is 4.80. The maximum atomic E-state index is 13.9. The van der Waals surface area contributed by atoms with Crippen molar-refractivity contribution in [1.29, 1.82) is 5.26 Å². The molecule has 6 nitrogen and oxygen atoms in total. The average molecular weight is 404 g/mol. The maximum Gasteiger partial charge on any atom is 0.338 e. The van der Waals surface area contributed by atoms with Gasteiger partial charge in [-0.2, -0.15) is 5.26 Å². The minimum absolute atomic E-state index is 0.195. The molecule has 0 radical (unpaired) electrons. The number of esters is 1. The third-order valence-electron chi connectivity index (χ3n) is 4.07. The van der Waals surface area contributed by atoms with Gasteiger partial charge in [0.25, 0.3) is 5.91 Å². The number of furan rings is 1. The van der Waals surface area contributed by atoms with Crippen LogP contribution in [0.1, 0.15) is 23.0 Å². The quantitative estimate of drug-likeness (QED) is 0.362. The number of carbonyl (C=O) groups is 2. The van der Waals surface area contributed by atoms with Crippen LogP contribution in [0, 0.1) is 17.1 Å². The molecule has 0 atom stereocenters. The monoisotopic (exact) mass is 404 g/mol. The summed E-state index contributed by atoms with van der Waals surface area (Å²) in [6.45, 7) is 1.97. The van der Waals surface area contributed by atoms with E-state index in [1.807, 2.05) is 6.07 Å². The summed E-state index contributed by atoms with van der Waals surface area (Å²) in [5, 5.41) is 11.9. The Bertz CT molecular complexity index is 1140. The van der Waals surface area contributed by atoms with Crippen LogP contribution in [0.4, 0.5) is 10.1 Å². The van der Waals surface area contributed by atoms with Gasteiger partial charge in [-0.15, -0.1) is 0 Å². The van der Waals surface area contributed by atoms with Crippen LogP contribution >= 0.6 is 0 Å². The number of anilines is 1. The Morgan fingerprint density at radius 1 is 1.13 bits per heavy atom. The van der Waals surface area contributed by atoms with Gasteiger partial charge in [-0.05, 0) is 55.5 Å². The fourth-order valence-electron chi connectivity index (χ4n) is 2.63. The van der Waals surface area contributed by atoms with Gasteiger partial charge in [0.15, 0.2) is 0 Å². The molecule has 0 aliphatic carbocycles. The van der Waals surface area contributed by atoms with Crippen LogP contribution in [-0.4, -0.2) is 18.5 Å². The second kappa shape index (κ2) is 9.34. The fourth-order valence-corrected chi connectivity index (χ4v) is 2.63. The zero-order valence-corrected chi connectivity index (χ0v) is 16.0. The second-order valence-corrected chi connectivity index (χ2v) is 6.10. The van der Waals surface area contributed by atoms with Gasteiger partial charge in [0.2, 0.25) is 0 Å². The number of benzene rings is 2. The lowest BCUT2D eigenvalue weighted by Gasteiger charge is -2.06. The maximum absolute atomic E-state index is 13.9. The first-order valence-corrected chi connectivity index (χ1v) is 9.07. The number of hydrogen-bond acceptors (Lipinski definition) is 5. The van der Waals surface area contributed by atoms with Crippen LogP contribution in [0.5, 0.6) is 0 Å². The molecule has 0 aliphatic heterocycles. The molecule has 0 aliphatic rings. The molecule has 0 unspecified atom stereocenters. The van der Waals surface area contributed by atoms with E-state index in [4.69, 9.17) is 9.15 Å². The van der Waals surface area contributed by atoms with E-state index in [0.717, 1.165) is 0 Å². The lowest BCUT2D eigenvalue weighted by molar-refractivity contribution is -0.112. The lowest BCUT2D eigenvalue weighted by Crippen LogP contribution is -2.13.